The number of H-pyrrole nitrogens is 1. The summed E-state index contributed by atoms with van der Waals surface area (Å²) in [5.74, 6) is -0.427. The first-order valence-corrected chi connectivity index (χ1v) is 12.4. The predicted molar refractivity (Wildman–Crippen MR) is 143 cm³/mol. The van der Waals surface area contributed by atoms with Crippen molar-refractivity contribution < 1.29 is 14.3 Å². The first-order valence-electron chi connectivity index (χ1n) is 12.1. The van der Waals surface area contributed by atoms with Gasteiger partial charge in [0.05, 0.1) is 11.1 Å². The minimum atomic E-state index is -0.675. The fraction of sp³-hybridized carbons (Fsp3) is 0.444. The van der Waals surface area contributed by atoms with Gasteiger partial charge < -0.3 is 25.7 Å². The molecule has 0 radical (unpaired) electrons. The zero-order chi connectivity index (χ0) is 24.6. The summed E-state index contributed by atoms with van der Waals surface area (Å²) in [7, 11) is 0. The number of amides is 2. The molecule has 1 aliphatic rings. The number of aromatic amines is 1. The lowest BCUT2D eigenvalue weighted by molar-refractivity contribution is -0.130. The minimum Gasteiger partial charge on any atom is -0.381 e. The number of carbonyl (C=O) groups is 2. The Kier molecular flexibility index (Phi) is 10.3. The fourth-order valence-corrected chi connectivity index (χ4v) is 4.43. The highest BCUT2D eigenvalue weighted by atomic mass is 35.5. The largest absolute Gasteiger partial charge is 0.381 e. The molecule has 4 rings (SSSR count). The molecule has 1 aromatic carbocycles. The molecule has 9 heteroatoms. The molecule has 36 heavy (non-hydrogen) atoms. The molecule has 0 bridgehead atoms. The molecule has 0 spiro atoms. The maximum Gasteiger partial charge on any atom is 0.242 e. The van der Waals surface area contributed by atoms with E-state index in [1.54, 1.807) is 19.3 Å². The molecule has 3 aromatic rings. The van der Waals surface area contributed by atoms with Crippen LogP contribution in [0.5, 0.6) is 0 Å². The maximum absolute atomic E-state index is 13.2. The van der Waals surface area contributed by atoms with Crippen LogP contribution in [-0.4, -0.2) is 53.1 Å². The number of halogens is 1. The summed E-state index contributed by atoms with van der Waals surface area (Å²) in [4.78, 5) is 33.2. The van der Waals surface area contributed by atoms with Crippen LogP contribution in [0.15, 0.2) is 48.8 Å². The lowest BCUT2D eigenvalue weighted by atomic mass is 10.0. The average molecular weight is 514 g/mol. The van der Waals surface area contributed by atoms with Gasteiger partial charge in [-0.2, -0.15) is 0 Å². The van der Waals surface area contributed by atoms with Gasteiger partial charge in [-0.05, 0) is 49.8 Å². The van der Waals surface area contributed by atoms with Crippen LogP contribution in [0.2, 0.25) is 5.02 Å². The summed E-state index contributed by atoms with van der Waals surface area (Å²) in [5, 5.41) is 10.7. The van der Waals surface area contributed by atoms with Gasteiger partial charge in [-0.25, -0.2) is 4.98 Å². The van der Waals surface area contributed by atoms with E-state index in [1.165, 1.54) is 5.56 Å². The second-order valence-electron chi connectivity index (χ2n) is 8.95. The lowest BCUT2D eigenvalue weighted by Crippen LogP contribution is -2.54. The first-order chi connectivity index (χ1) is 17.0. The van der Waals surface area contributed by atoms with E-state index in [0.717, 1.165) is 30.2 Å². The minimum absolute atomic E-state index is 0. The number of aromatic nitrogens is 2. The van der Waals surface area contributed by atoms with Crippen LogP contribution >= 0.6 is 11.6 Å². The van der Waals surface area contributed by atoms with E-state index in [9.17, 15) is 9.59 Å². The smallest absolute Gasteiger partial charge is 0.242 e. The van der Waals surface area contributed by atoms with Crippen molar-refractivity contribution in [1.82, 2.24) is 25.9 Å². The van der Waals surface area contributed by atoms with Crippen molar-refractivity contribution in [2.45, 2.75) is 64.7 Å². The second-order valence-corrected chi connectivity index (χ2v) is 9.36. The van der Waals surface area contributed by atoms with E-state index < -0.39 is 12.1 Å². The molecule has 3 heterocycles. The number of pyridine rings is 1. The first kappa shape index (κ1) is 27.6. The molecule has 0 saturated carbocycles. The average Bonchev–Trinajstić information content (AvgIpc) is 3.26. The second kappa shape index (κ2) is 13.4. The normalized spacial score (nSPS) is 15.6. The molecule has 2 aromatic heterocycles. The van der Waals surface area contributed by atoms with Crippen molar-refractivity contribution in [2.75, 3.05) is 13.2 Å². The number of nitrogens with zero attached hydrogens (tertiary/aromatic N) is 1. The summed E-state index contributed by atoms with van der Waals surface area (Å²) in [6.45, 7) is 3.37. The quantitative estimate of drug-likeness (QED) is 0.330. The SMILES string of the molecule is C.CC(NC(=O)[C@@H](CCc1ccccc1)NC1CCOCC1)C(=O)NCc1cnc2[nH]cc(Cl)c2c1. The van der Waals surface area contributed by atoms with Crippen LogP contribution in [0.4, 0.5) is 0 Å². The molecule has 1 aliphatic heterocycles. The monoisotopic (exact) mass is 513 g/mol. The summed E-state index contributed by atoms with van der Waals surface area (Å²) < 4.78 is 5.45. The molecule has 1 unspecified atom stereocenters. The van der Waals surface area contributed by atoms with Crippen LogP contribution in [0.25, 0.3) is 11.0 Å². The molecule has 194 valence electrons. The topological polar surface area (TPSA) is 108 Å². The van der Waals surface area contributed by atoms with Gasteiger partial charge in [-0.15, -0.1) is 0 Å². The van der Waals surface area contributed by atoms with Gasteiger partial charge in [-0.1, -0.05) is 49.4 Å². The molecule has 1 fully saturated rings. The van der Waals surface area contributed by atoms with Crippen LogP contribution in [0, 0.1) is 0 Å². The van der Waals surface area contributed by atoms with Crippen LogP contribution in [0.1, 0.15) is 44.7 Å². The Morgan fingerprint density at radius 1 is 1.17 bits per heavy atom. The van der Waals surface area contributed by atoms with Gasteiger partial charge in [0.15, 0.2) is 0 Å². The molecule has 1 saturated heterocycles. The van der Waals surface area contributed by atoms with Gasteiger partial charge in [0.25, 0.3) is 0 Å². The van der Waals surface area contributed by atoms with E-state index >= 15 is 0 Å². The number of rotatable bonds is 10. The number of nitrogens with one attached hydrogen (secondary N) is 4. The van der Waals surface area contributed by atoms with Crippen molar-refractivity contribution in [3.05, 3.63) is 64.9 Å². The van der Waals surface area contributed by atoms with Gasteiger partial charge in [0.1, 0.15) is 11.7 Å². The lowest BCUT2D eigenvalue weighted by Gasteiger charge is -2.29. The highest BCUT2D eigenvalue weighted by Gasteiger charge is 2.26. The van der Waals surface area contributed by atoms with Crippen molar-refractivity contribution >= 4 is 34.4 Å². The number of benzene rings is 1. The number of aryl methyl sites for hydroxylation is 1. The van der Waals surface area contributed by atoms with Gasteiger partial charge in [0, 0.05) is 43.6 Å². The van der Waals surface area contributed by atoms with Crippen molar-refractivity contribution in [1.29, 1.82) is 0 Å². The Hall–Kier alpha value is -2.94. The zero-order valence-electron chi connectivity index (χ0n) is 19.9. The third-order valence-corrected chi connectivity index (χ3v) is 6.61. The highest BCUT2D eigenvalue weighted by molar-refractivity contribution is 6.35. The Morgan fingerprint density at radius 3 is 2.67 bits per heavy atom. The van der Waals surface area contributed by atoms with Gasteiger partial charge in [0.2, 0.25) is 11.8 Å². The van der Waals surface area contributed by atoms with E-state index in [4.69, 9.17) is 16.3 Å². The summed E-state index contributed by atoms with van der Waals surface area (Å²) in [6, 6.07) is 11.2. The van der Waals surface area contributed by atoms with Crippen molar-refractivity contribution in [3.63, 3.8) is 0 Å². The number of hydrogen-bond donors (Lipinski definition) is 4. The summed E-state index contributed by atoms with van der Waals surface area (Å²) in [5.41, 5.74) is 2.70. The molecule has 2 amide bonds. The molecule has 8 nitrogen and oxygen atoms in total. The van der Waals surface area contributed by atoms with Crippen LogP contribution in [-0.2, 0) is 27.3 Å². The van der Waals surface area contributed by atoms with E-state index in [0.29, 0.717) is 36.8 Å². The fourth-order valence-electron chi connectivity index (χ4n) is 4.23. The Bertz CT molecular complexity index is 1130. The maximum atomic E-state index is 13.2. The Morgan fingerprint density at radius 2 is 1.92 bits per heavy atom. The van der Waals surface area contributed by atoms with Crippen LogP contribution in [0.3, 0.4) is 0 Å². The molecule has 0 aliphatic carbocycles. The molecular weight excluding hydrogens is 478 g/mol. The van der Waals surface area contributed by atoms with E-state index in [2.05, 4.69) is 38.1 Å². The zero-order valence-corrected chi connectivity index (χ0v) is 20.6. The summed E-state index contributed by atoms with van der Waals surface area (Å²) >= 11 is 6.16. The van der Waals surface area contributed by atoms with E-state index in [1.807, 2.05) is 24.3 Å². The van der Waals surface area contributed by atoms with Gasteiger partial charge >= 0.3 is 0 Å². The van der Waals surface area contributed by atoms with Crippen molar-refractivity contribution in [3.8, 4) is 0 Å². The van der Waals surface area contributed by atoms with Crippen molar-refractivity contribution in [2.24, 2.45) is 0 Å². The number of carbonyl (C=O) groups excluding carboxylic acids is 2. The predicted octanol–water partition coefficient (Wildman–Crippen LogP) is 3.74. The molecule has 2 atom stereocenters. The summed E-state index contributed by atoms with van der Waals surface area (Å²) in [6.07, 6.45) is 6.53. The third kappa shape index (κ3) is 7.53. The number of fused-ring (bicyclic) bond motifs is 1. The highest BCUT2D eigenvalue weighted by Crippen LogP contribution is 2.22. The van der Waals surface area contributed by atoms with E-state index in [-0.39, 0.29) is 25.3 Å². The molecule has 4 N–H and O–H groups in total. The van der Waals surface area contributed by atoms with Gasteiger partial charge in [-0.3, -0.25) is 9.59 Å². The number of ether oxygens (including phenoxy) is 1. The standard InChI is InChI=1S/C26H32ClN5O3.CH4/c1-17(25(33)30-15-19-13-21-22(27)16-29-24(21)28-14-19)31-26(34)23(32-20-9-11-35-12-10-20)8-7-18-5-3-2-4-6-18;/h2-6,13-14,16-17,20,23,32H,7-12,15H2,1H3,(H,28,29)(H,30,33)(H,31,34);1H4/t17?,23-;/m1./s1. The number of hydrogen-bond acceptors (Lipinski definition) is 5. The van der Waals surface area contributed by atoms with Crippen LogP contribution < -0.4 is 16.0 Å². The Balaban J connectivity index is 0.00000361. The molecular formula is C27H36ClN5O3. The third-order valence-electron chi connectivity index (χ3n) is 6.30. The Labute approximate surface area is 217 Å².